The van der Waals surface area contributed by atoms with Crippen molar-refractivity contribution >= 4 is 55.0 Å². The van der Waals surface area contributed by atoms with Crippen molar-refractivity contribution in [3.63, 3.8) is 0 Å². The Morgan fingerprint density at radius 2 is 1.92 bits per heavy atom. The minimum Gasteiger partial charge on any atom is -0.454 e. The van der Waals surface area contributed by atoms with E-state index in [4.69, 9.17) is 10.2 Å². The van der Waals surface area contributed by atoms with Gasteiger partial charge in [-0.05, 0) is 60.5 Å². The fourth-order valence-corrected chi connectivity index (χ4v) is 5.63. The molecule has 10 nitrogen and oxygen atoms in total. The molecule has 0 bridgehead atoms. The molecule has 0 fully saturated rings. The molecule has 5 aromatic rings. The number of halogens is 3. The van der Waals surface area contributed by atoms with Crippen LogP contribution in [-0.4, -0.2) is 36.4 Å². The highest BCUT2D eigenvalue weighted by Crippen LogP contribution is 2.43. The van der Waals surface area contributed by atoms with Crippen LogP contribution in [0.4, 0.5) is 14.5 Å². The Morgan fingerprint density at radius 1 is 1.18 bits per heavy atom. The van der Waals surface area contributed by atoms with Crippen molar-refractivity contribution in [3.8, 4) is 11.1 Å². The van der Waals surface area contributed by atoms with Gasteiger partial charge in [0, 0.05) is 24.2 Å². The fourth-order valence-electron chi connectivity index (χ4n) is 4.34. The van der Waals surface area contributed by atoms with Crippen LogP contribution in [0.1, 0.15) is 55.2 Å². The van der Waals surface area contributed by atoms with Gasteiger partial charge in [0.1, 0.15) is 21.2 Å². The van der Waals surface area contributed by atoms with Gasteiger partial charge in [-0.3, -0.25) is 19.0 Å². The smallest absolute Gasteiger partial charge is 0.291 e. The number of rotatable bonds is 7. The Labute approximate surface area is 232 Å². The lowest BCUT2D eigenvalue weighted by atomic mass is 10.0. The van der Waals surface area contributed by atoms with Crippen molar-refractivity contribution < 1.29 is 22.8 Å². The Bertz CT molecular complexity index is 1770. The number of nitrogens with two attached hydrogens (primary N) is 1. The van der Waals surface area contributed by atoms with Gasteiger partial charge in [-0.1, -0.05) is 0 Å². The second-order valence-electron chi connectivity index (χ2n) is 8.91. The van der Waals surface area contributed by atoms with E-state index in [1.165, 1.54) is 12.1 Å². The molecular weight excluding hydrogens is 596 g/mol. The summed E-state index contributed by atoms with van der Waals surface area (Å²) in [4.78, 5) is 29.8. The number of aryl methyl sites for hydroxylation is 3. The van der Waals surface area contributed by atoms with Crippen LogP contribution >= 0.6 is 27.3 Å². The molecule has 2 amide bonds. The van der Waals surface area contributed by atoms with Gasteiger partial charge < -0.3 is 15.5 Å². The van der Waals surface area contributed by atoms with Crippen molar-refractivity contribution in [2.75, 3.05) is 5.32 Å². The van der Waals surface area contributed by atoms with Crippen molar-refractivity contribution in [1.29, 1.82) is 0 Å². The fraction of sp³-hybridized carbons (Fsp3) is 0.240. The molecule has 39 heavy (non-hydrogen) atoms. The van der Waals surface area contributed by atoms with Gasteiger partial charge in [0.25, 0.3) is 18.2 Å². The van der Waals surface area contributed by atoms with Crippen molar-refractivity contribution in [1.82, 2.24) is 24.5 Å². The summed E-state index contributed by atoms with van der Waals surface area (Å²) in [5.74, 6) is -1.02. The average Bonchev–Trinajstić information content (AvgIpc) is 3.62. The molecule has 0 saturated heterocycles. The van der Waals surface area contributed by atoms with Crippen molar-refractivity contribution in [3.05, 3.63) is 68.0 Å². The van der Waals surface area contributed by atoms with Gasteiger partial charge in [0.15, 0.2) is 5.76 Å². The number of hydrogen-bond acceptors (Lipinski definition) is 7. The third-order valence-electron chi connectivity index (χ3n) is 6.16. The Balaban J connectivity index is 1.57. The van der Waals surface area contributed by atoms with E-state index < -0.39 is 23.9 Å². The van der Waals surface area contributed by atoms with Gasteiger partial charge >= 0.3 is 0 Å². The number of carbonyl (C=O) groups excluding carboxylic acids is 2. The quantitative estimate of drug-likeness (QED) is 0.247. The molecule has 5 rings (SSSR count). The number of amides is 2. The standard InChI is InChI=1S/C25H22BrF2N7O3S/c1-10-15(9-34(4)32-10)14-7-16(22(27)28)30-25-18(14)20(21(39-25)23(29)36)31-24(37)17-6-5-13(38-17)8-35-12(3)19(26)11(2)33-35/h5-7,9,22H,8H2,1-4H3,(H2,29,36)(H,31,37). The van der Waals surface area contributed by atoms with Crippen molar-refractivity contribution in [2.24, 2.45) is 12.8 Å². The summed E-state index contributed by atoms with van der Waals surface area (Å²) in [6.45, 7) is 5.80. The zero-order valence-corrected chi connectivity index (χ0v) is 23.6. The number of thiophene rings is 1. The Hall–Kier alpha value is -3.91. The Kier molecular flexibility index (Phi) is 6.84. The van der Waals surface area contributed by atoms with E-state index in [0.29, 0.717) is 34.5 Å². The van der Waals surface area contributed by atoms with Gasteiger partial charge in [-0.2, -0.15) is 10.2 Å². The van der Waals surface area contributed by atoms with Gasteiger partial charge in [-0.25, -0.2) is 13.8 Å². The normalized spacial score (nSPS) is 11.6. The molecule has 0 saturated carbocycles. The lowest BCUT2D eigenvalue weighted by Gasteiger charge is -2.10. The van der Waals surface area contributed by atoms with Crippen LogP contribution in [-0.2, 0) is 13.6 Å². The minimum absolute atomic E-state index is 0.0170. The summed E-state index contributed by atoms with van der Waals surface area (Å²) in [5, 5.41) is 11.8. The first-order valence-electron chi connectivity index (χ1n) is 11.6. The van der Waals surface area contributed by atoms with E-state index >= 15 is 0 Å². The highest BCUT2D eigenvalue weighted by atomic mass is 79.9. The monoisotopic (exact) mass is 617 g/mol. The summed E-state index contributed by atoms with van der Waals surface area (Å²) < 4.78 is 37.4. The van der Waals surface area contributed by atoms with Crippen LogP contribution in [0.3, 0.4) is 0 Å². The van der Waals surface area contributed by atoms with Crippen LogP contribution in [0.5, 0.6) is 0 Å². The molecule has 5 heterocycles. The molecule has 0 aromatic carbocycles. The van der Waals surface area contributed by atoms with E-state index in [1.807, 2.05) is 13.8 Å². The number of primary amides is 1. The van der Waals surface area contributed by atoms with Crippen LogP contribution in [0, 0.1) is 20.8 Å². The summed E-state index contributed by atoms with van der Waals surface area (Å²) in [5.41, 5.74) is 8.41. The number of fused-ring (bicyclic) bond motifs is 1. The van der Waals surface area contributed by atoms with Crippen LogP contribution < -0.4 is 11.1 Å². The van der Waals surface area contributed by atoms with Crippen molar-refractivity contribution in [2.45, 2.75) is 33.7 Å². The van der Waals surface area contributed by atoms with E-state index in [9.17, 15) is 18.4 Å². The number of carbonyl (C=O) groups is 2. The van der Waals surface area contributed by atoms with E-state index in [0.717, 1.165) is 27.2 Å². The molecule has 14 heteroatoms. The van der Waals surface area contributed by atoms with Gasteiger partial charge in [-0.15, -0.1) is 11.3 Å². The van der Waals surface area contributed by atoms with E-state index in [-0.39, 0.29) is 21.2 Å². The third-order valence-corrected chi connectivity index (χ3v) is 8.40. The number of furan rings is 1. The number of alkyl halides is 2. The zero-order valence-electron chi connectivity index (χ0n) is 21.2. The zero-order chi connectivity index (χ0) is 28.2. The second-order valence-corrected chi connectivity index (χ2v) is 10.7. The lowest BCUT2D eigenvalue weighted by Crippen LogP contribution is -2.16. The highest BCUT2D eigenvalue weighted by Gasteiger charge is 2.27. The largest absolute Gasteiger partial charge is 0.454 e. The first-order valence-corrected chi connectivity index (χ1v) is 13.2. The molecular formula is C25H22BrF2N7O3S. The topological polar surface area (TPSA) is 134 Å². The minimum atomic E-state index is -2.85. The van der Waals surface area contributed by atoms with Gasteiger partial charge in [0.2, 0.25) is 0 Å². The number of pyridine rings is 1. The molecule has 0 unspecified atom stereocenters. The maximum absolute atomic E-state index is 13.7. The highest BCUT2D eigenvalue weighted by molar-refractivity contribution is 9.10. The number of nitrogens with zero attached hydrogens (tertiary/aromatic N) is 5. The Morgan fingerprint density at radius 3 is 2.51 bits per heavy atom. The SMILES string of the molecule is Cc1nn(C)cc1-c1cc(C(F)F)nc2sc(C(N)=O)c(NC(=O)c3ccc(Cn4nc(C)c(Br)c4C)o3)c12. The van der Waals surface area contributed by atoms with Crippen LogP contribution in [0.25, 0.3) is 21.3 Å². The summed E-state index contributed by atoms with van der Waals surface area (Å²) in [6, 6.07) is 4.39. The number of nitrogens with one attached hydrogen (secondary N) is 1. The van der Waals surface area contributed by atoms with Crippen LogP contribution in [0.2, 0.25) is 0 Å². The number of anilines is 1. The van der Waals surface area contributed by atoms with Gasteiger partial charge in [0.05, 0.1) is 33.8 Å². The maximum atomic E-state index is 13.7. The number of aromatic nitrogens is 5. The molecule has 0 aliphatic heterocycles. The number of hydrogen-bond donors (Lipinski definition) is 2. The summed E-state index contributed by atoms with van der Waals surface area (Å²) in [7, 11) is 1.70. The molecule has 0 atom stereocenters. The molecule has 0 spiro atoms. The molecule has 3 N–H and O–H groups in total. The predicted octanol–water partition coefficient (Wildman–Crippen LogP) is 5.51. The first kappa shape index (κ1) is 26.7. The molecule has 5 aromatic heterocycles. The maximum Gasteiger partial charge on any atom is 0.291 e. The summed E-state index contributed by atoms with van der Waals surface area (Å²) in [6.07, 6.45) is -1.19. The third kappa shape index (κ3) is 4.85. The lowest BCUT2D eigenvalue weighted by molar-refractivity contribution is 0.0994. The van der Waals surface area contributed by atoms with E-state index in [1.54, 1.807) is 35.6 Å². The molecule has 0 radical (unpaired) electrons. The second kappa shape index (κ2) is 10.0. The molecule has 0 aliphatic carbocycles. The van der Waals surface area contributed by atoms with Crippen LogP contribution in [0.15, 0.2) is 33.3 Å². The van der Waals surface area contributed by atoms with E-state index in [2.05, 4.69) is 36.4 Å². The average molecular weight is 618 g/mol. The summed E-state index contributed by atoms with van der Waals surface area (Å²) >= 11 is 4.31. The molecule has 0 aliphatic rings. The molecule has 202 valence electrons. The predicted molar refractivity (Wildman–Crippen MR) is 145 cm³/mol. The first-order chi connectivity index (χ1) is 18.4.